The highest BCUT2D eigenvalue weighted by Crippen LogP contribution is 2.32. The Morgan fingerprint density at radius 2 is 1.62 bits per heavy atom. The van der Waals surface area contributed by atoms with Gasteiger partial charge in [-0.2, -0.15) is 5.10 Å². The molecule has 0 unspecified atom stereocenters. The van der Waals surface area contributed by atoms with Gasteiger partial charge in [0, 0.05) is 11.2 Å². The third-order valence-corrected chi connectivity index (χ3v) is 3.15. The van der Waals surface area contributed by atoms with Crippen LogP contribution in [0.15, 0.2) is 18.3 Å². The molecule has 1 aromatic heterocycles. The lowest BCUT2D eigenvalue weighted by Gasteiger charge is -2.07. The van der Waals surface area contributed by atoms with Crippen molar-refractivity contribution >= 4 is 34.8 Å². The molecule has 1 heterocycles. The van der Waals surface area contributed by atoms with E-state index in [0.29, 0.717) is 20.8 Å². The molecule has 0 bridgehead atoms. The standard InChI is InChI=1S/C11H9Cl3N2/c1-6-5-16(15-7(6)2)11-9(13)3-8(12)4-10(11)14/h3-5H,1-2H3. The molecule has 16 heavy (non-hydrogen) atoms. The van der Waals surface area contributed by atoms with Gasteiger partial charge in [-0.05, 0) is 31.5 Å². The number of halogens is 3. The Morgan fingerprint density at radius 1 is 1.06 bits per heavy atom. The van der Waals surface area contributed by atoms with E-state index in [1.54, 1.807) is 16.8 Å². The van der Waals surface area contributed by atoms with Crippen LogP contribution in [0.1, 0.15) is 11.3 Å². The van der Waals surface area contributed by atoms with Gasteiger partial charge in [0.25, 0.3) is 0 Å². The fourth-order valence-electron chi connectivity index (χ4n) is 1.41. The molecule has 0 spiro atoms. The van der Waals surface area contributed by atoms with Gasteiger partial charge in [-0.25, -0.2) is 4.68 Å². The average Bonchev–Trinajstić information content (AvgIpc) is 2.44. The summed E-state index contributed by atoms with van der Waals surface area (Å²) >= 11 is 18.1. The van der Waals surface area contributed by atoms with Crippen molar-refractivity contribution in [2.45, 2.75) is 13.8 Å². The molecule has 0 N–H and O–H groups in total. The molecule has 0 aliphatic rings. The number of aromatic nitrogens is 2. The number of hydrogen-bond acceptors (Lipinski definition) is 1. The molecule has 0 aliphatic heterocycles. The van der Waals surface area contributed by atoms with E-state index in [1.807, 2.05) is 20.0 Å². The van der Waals surface area contributed by atoms with Crippen molar-refractivity contribution in [1.29, 1.82) is 0 Å². The summed E-state index contributed by atoms with van der Waals surface area (Å²) in [6.45, 7) is 3.92. The maximum atomic E-state index is 6.10. The second-order valence-electron chi connectivity index (χ2n) is 3.56. The molecule has 0 radical (unpaired) electrons. The summed E-state index contributed by atoms with van der Waals surface area (Å²) in [7, 11) is 0. The summed E-state index contributed by atoms with van der Waals surface area (Å²) in [5, 5.41) is 5.82. The van der Waals surface area contributed by atoms with E-state index in [-0.39, 0.29) is 0 Å². The predicted molar refractivity (Wildman–Crippen MR) is 68.1 cm³/mol. The van der Waals surface area contributed by atoms with Gasteiger partial charge in [0.2, 0.25) is 0 Å². The molecule has 0 saturated carbocycles. The number of aryl methyl sites for hydroxylation is 2. The highest BCUT2D eigenvalue weighted by molar-refractivity contribution is 6.40. The molecule has 2 nitrogen and oxygen atoms in total. The molecule has 0 fully saturated rings. The lowest BCUT2D eigenvalue weighted by Crippen LogP contribution is -1.97. The van der Waals surface area contributed by atoms with Crippen LogP contribution in [-0.2, 0) is 0 Å². The second kappa shape index (κ2) is 4.28. The summed E-state index contributed by atoms with van der Waals surface area (Å²) in [6, 6.07) is 3.30. The van der Waals surface area contributed by atoms with Crippen LogP contribution in [-0.4, -0.2) is 9.78 Å². The number of benzene rings is 1. The summed E-state index contributed by atoms with van der Waals surface area (Å²) in [6.07, 6.45) is 1.89. The van der Waals surface area contributed by atoms with Gasteiger partial charge in [-0.1, -0.05) is 34.8 Å². The Hall–Kier alpha value is -0.700. The highest BCUT2D eigenvalue weighted by atomic mass is 35.5. The van der Waals surface area contributed by atoms with Crippen molar-refractivity contribution in [2.75, 3.05) is 0 Å². The first kappa shape index (κ1) is 11.8. The van der Waals surface area contributed by atoms with E-state index in [2.05, 4.69) is 5.10 Å². The third kappa shape index (κ3) is 2.05. The van der Waals surface area contributed by atoms with E-state index >= 15 is 0 Å². The van der Waals surface area contributed by atoms with Crippen LogP contribution in [0.5, 0.6) is 0 Å². The molecular formula is C11H9Cl3N2. The minimum atomic E-state index is 0.486. The van der Waals surface area contributed by atoms with Gasteiger partial charge in [-0.3, -0.25) is 0 Å². The summed E-state index contributed by atoms with van der Waals surface area (Å²) in [4.78, 5) is 0. The normalized spacial score (nSPS) is 10.8. The zero-order valence-corrected chi connectivity index (χ0v) is 11.0. The molecule has 2 aromatic rings. The first-order valence-electron chi connectivity index (χ1n) is 4.67. The Balaban J connectivity index is 2.64. The zero-order chi connectivity index (χ0) is 11.9. The smallest absolute Gasteiger partial charge is 0.102 e. The molecule has 0 atom stereocenters. The maximum absolute atomic E-state index is 6.10. The van der Waals surface area contributed by atoms with E-state index in [9.17, 15) is 0 Å². The van der Waals surface area contributed by atoms with Crippen LogP contribution in [0.4, 0.5) is 0 Å². The average molecular weight is 276 g/mol. The lowest BCUT2D eigenvalue weighted by molar-refractivity contribution is 0.863. The predicted octanol–water partition coefficient (Wildman–Crippen LogP) is 4.45. The van der Waals surface area contributed by atoms with Gasteiger partial charge >= 0.3 is 0 Å². The zero-order valence-electron chi connectivity index (χ0n) is 8.76. The van der Waals surface area contributed by atoms with Crippen LogP contribution in [0.2, 0.25) is 15.1 Å². The number of hydrogen-bond donors (Lipinski definition) is 0. The van der Waals surface area contributed by atoms with Crippen molar-refractivity contribution in [3.05, 3.63) is 44.7 Å². The van der Waals surface area contributed by atoms with Crippen molar-refractivity contribution in [3.63, 3.8) is 0 Å². The Morgan fingerprint density at radius 3 is 2.06 bits per heavy atom. The van der Waals surface area contributed by atoms with E-state index < -0.39 is 0 Å². The summed E-state index contributed by atoms with van der Waals surface area (Å²) < 4.78 is 1.67. The summed E-state index contributed by atoms with van der Waals surface area (Å²) in [5.74, 6) is 0. The molecule has 0 saturated heterocycles. The fraction of sp³-hybridized carbons (Fsp3) is 0.182. The van der Waals surface area contributed by atoms with Crippen LogP contribution >= 0.6 is 34.8 Å². The Kier molecular flexibility index (Phi) is 3.15. The number of nitrogens with zero attached hydrogens (tertiary/aromatic N) is 2. The first-order chi connectivity index (χ1) is 7.49. The van der Waals surface area contributed by atoms with Gasteiger partial charge < -0.3 is 0 Å². The van der Waals surface area contributed by atoms with Crippen LogP contribution in [0.25, 0.3) is 5.69 Å². The van der Waals surface area contributed by atoms with Crippen LogP contribution < -0.4 is 0 Å². The minimum Gasteiger partial charge on any atom is -0.237 e. The minimum absolute atomic E-state index is 0.486. The van der Waals surface area contributed by atoms with Gasteiger partial charge in [0.15, 0.2) is 0 Å². The second-order valence-corrected chi connectivity index (χ2v) is 4.81. The molecule has 2 rings (SSSR count). The van der Waals surface area contributed by atoms with Crippen LogP contribution in [0, 0.1) is 13.8 Å². The molecule has 0 aliphatic carbocycles. The number of rotatable bonds is 1. The monoisotopic (exact) mass is 274 g/mol. The van der Waals surface area contributed by atoms with Gasteiger partial charge in [-0.15, -0.1) is 0 Å². The highest BCUT2D eigenvalue weighted by Gasteiger charge is 2.11. The topological polar surface area (TPSA) is 17.8 Å². The van der Waals surface area contributed by atoms with Gasteiger partial charge in [0.05, 0.1) is 15.7 Å². The van der Waals surface area contributed by atoms with E-state index in [4.69, 9.17) is 34.8 Å². The van der Waals surface area contributed by atoms with Gasteiger partial charge in [0.1, 0.15) is 5.69 Å². The lowest BCUT2D eigenvalue weighted by atomic mass is 10.3. The van der Waals surface area contributed by atoms with Crippen LogP contribution in [0.3, 0.4) is 0 Å². The van der Waals surface area contributed by atoms with Crippen molar-refractivity contribution < 1.29 is 0 Å². The largest absolute Gasteiger partial charge is 0.237 e. The quantitative estimate of drug-likeness (QED) is 0.752. The van der Waals surface area contributed by atoms with Crippen molar-refractivity contribution in [2.24, 2.45) is 0 Å². The van der Waals surface area contributed by atoms with E-state index in [1.165, 1.54) is 0 Å². The first-order valence-corrected chi connectivity index (χ1v) is 5.80. The van der Waals surface area contributed by atoms with E-state index in [0.717, 1.165) is 11.3 Å². The Bertz CT molecular complexity index is 504. The fourth-order valence-corrected chi connectivity index (χ4v) is 2.40. The van der Waals surface area contributed by atoms with Crippen molar-refractivity contribution in [1.82, 2.24) is 9.78 Å². The molecular weight excluding hydrogens is 266 g/mol. The Labute approximate surface area is 109 Å². The SMILES string of the molecule is Cc1cn(-c2c(Cl)cc(Cl)cc2Cl)nc1C. The maximum Gasteiger partial charge on any atom is 0.102 e. The van der Waals surface area contributed by atoms with Crippen molar-refractivity contribution in [3.8, 4) is 5.69 Å². The molecule has 5 heteroatoms. The molecule has 84 valence electrons. The third-order valence-electron chi connectivity index (χ3n) is 2.36. The molecule has 0 amide bonds. The molecule has 1 aromatic carbocycles. The summed E-state index contributed by atoms with van der Waals surface area (Å²) in [5.41, 5.74) is 2.69.